The number of methoxy groups -OCH3 is 1. The molecule has 0 aromatic heterocycles. The van der Waals surface area contributed by atoms with E-state index in [1.165, 1.54) is 0 Å². The fraction of sp³-hybridized carbons (Fsp3) is 0.300. The number of hydrogen-bond acceptors (Lipinski definition) is 2. The topological polar surface area (TPSA) is 26.3 Å². The molecule has 1 aromatic carbocycles. The Morgan fingerprint density at radius 1 is 1.13 bits per heavy atom. The molecule has 0 fully saturated rings. The lowest BCUT2D eigenvalue weighted by Crippen LogP contribution is -2.08. The maximum absolute atomic E-state index is 13.5. The fourth-order valence-electron chi connectivity index (χ4n) is 1.35. The second kappa shape index (κ2) is 3.92. The van der Waals surface area contributed by atoms with Gasteiger partial charge in [0.15, 0.2) is 23.2 Å². The molecule has 0 N–H and O–H groups in total. The average molecular weight is 218 g/mol. The normalized spacial score (nSPS) is 10.3. The smallest absolute Gasteiger partial charge is 0.203 e. The van der Waals surface area contributed by atoms with Gasteiger partial charge in [0.1, 0.15) is 0 Å². The summed E-state index contributed by atoms with van der Waals surface area (Å²) in [6.45, 7) is 2.21. The van der Waals surface area contributed by atoms with Crippen LogP contribution in [0.2, 0.25) is 0 Å². The Morgan fingerprint density at radius 2 is 1.67 bits per heavy atom. The molecule has 0 amide bonds. The van der Waals surface area contributed by atoms with Crippen LogP contribution in [0.3, 0.4) is 0 Å². The van der Waals surface area contributed by atoms with Gasteiger partial charge in [-0.15, -0.1) is 0 Å². The van der Waals surface area contributed by atoms with Crippen molar-refractivity contribution in [3.05, 3.63) is 28.6 Å². The highest BCUT2D eigenvalue weighted by atomic mass is 19.2. The Kier molecular flexibility index (Phi) is 3.02. The summed E-state index contributed by atoms with van der Waals surface area (Å²) >= 11 is 0. The van der Waals surface area contributed by atoms with Gasteiger partial charge in [-0.2, -0.15) is 4.39 Å². The number of ketones is 1. The van der Waals surface area contributed by atoms with E-state index in [9.17, 15) is 18.0 Å². The quantitative estimate of drug-likeness (QED) is 0.563. The van der Waals surface area contributed by atoms with E-state index in [2.05, 4.69) is 4.74 Å². The number of carbonyl (C=O) groups excluding carboxylic acids is 1. The second-order valence-corrected chi connectivity index (χ2v) is 3.03. The molecule has 2 nitrogen and oxygen atoms in total. The molecule has 0 aliphatic rings. The molecule has 82 valence electrons. The van der Waals surface area contributed by atoms with Crippen LogP contribution in [0, 0.1) is 24.4 Å². The van der Waals surface area contributed by atoms with Gasteiger partial charge in [-0.25, -0.2) is 8.78 Å². The summed E-state index contributed by atoms with van der Waals surface area (Å²) in [6, 6.07) is 0. The molecular weight excluding hydrogens is 209 g/mol. The van der Waals surface area contributed by atoms with E-state index in [0.717, 1.165) is 21.0 Å². The molecule has 0 saturated heterocycles. The fourth-order valence-corrected chi connectivity index (χ4v) is 1.35. The lowest BCUT2D eigenvalue weighted by atomic mass is 10.0. The molecule has 1 aromatic rings. The van der Waals surface area contributed by atoms with E-state index >= 15 is 0 Å². The molecule has 15 heavy (non-hydrogen) atoms. The number of Topliss-reactive ketones (excluding diaryl/α,β-unsaturated/α-hetero) is 1. The third-order valence-corrected chi connectivity index (χ3v) is 2.07. The molecule has 0 saturated carbocycles. The van der Waals surface area contributed by atoms with Gasteiger partial charge < -0.3 is 4.74 Å². The molecule has 0 radical (unpaired) electrons. The minimum atomic E-state index is -1.42. The van der Waals surface area contributed by atoms with E-state index < -0.39 is 34.5 Å². The highest BCUT2D eigenvalue weighted by Crippen LogP contribution is 2.30. The molecule has 0 heterocycles. The summed E-state index contributed by atoms with van der Waals surface area (Å²) in [5, 5.41) is 0. The van der Waals surface area contributed by atoms with Crippen molar-refractivity contribution in [1.82, 2.24) is 0 Å². The van der Waals surface area contributed by atoms with Crippen molar-refractivity contribution in [2.45, 2.75) is 13.8 Å². The first-order valence-corrected chi connectivity index (χ1v) is 4.13. The van der Waals surface area contributed by atoms with E-state index in [4.69, 9.17) is 0 Å². The van der Waals surface area contributed by atoms with Gasteiger partial charge in [0, 0.05) is 5.56 Å². The Balaban J connectivity index is 3.68. The van der Waals surface area contributed by atoms with Gasteiger partial charge in [0.25, 0.3) is 0 Å². The van der Waals surface area contributed by atoms with E-state index in [-0.39, 0.29) is 5.56 Å². The molecule has 1 rings (SSSR count). The van der Waals surface area contributed by atoms with E-state index in [1.807, 2.05) is 0 Å². The second-order valence-electron chi connectivity index (χ2n) is 3.03. The van der Waals surface area contributed by atoms with Crippen LogP contribution < -0.4 is 4.74 Å². The standard InChI is InChI=1S/C10H9F3O2/c1-4-6(5(2)14)8(12)10(15-3)9(13)7(4)11/h1-3H3. The van der Waals surface area contributed by atoms with Gasteiger partial charge in [0.05, 0.1) is 12.7 Å². The van der Waals surface area contributed by atoms with Crippen LogP contribution in [-0.4, -0.2) is 12.9 Å². The van der Waals surface area contributed by atoms with Gasteiger partial charge in [0.2, 0.25) is 5.82 Å². The molecule has 0 bridgehead atoms. The lowest BCUT2D eigenvalue weighted by Gasteiger charge is -2.10. The van der Waals surface area contributed by atoms with Crippen LogP contribution in [0.1, 0.15) is 22.8 Å². The van der Waals surface area contributed by atoms with Gasteiger partial charge in [-0.3, -0.25) is 4.79 Å². The van der Waals surface area contributed by atoms with E-state index in [1.54, 1.807) is 0 Å². The molecule has 0 aliphatic carbocycles. The third kappa shape index (κ3) is 1.69. The first kappa shape index (κ1) is 11.6. The molecule has 5 heteroatoms. The van der Waals surface area contributed by atoms with Crippen molar-refractivity contribution in [2.75, 3.05) is 7.11 Å². The number of rotatable bonds is 2. The third-order valence-electron chi connectivity index (χ3n) is 2.07. The summed E-state index contributed by atoms with van der Waals surface area (Å²) in [7, 11) is 1.00. The highest BCUT2D eigenvalue weighted by molar-refractivity contribution is 5.96. The maximum atomic E-state index is 13.5. The average Bonchev–Trinajstić information content (AvgIpc) is 2.15. The number of carbonyl (C=O) groups is 1. The largest absolute Gasteiger partial charge is 0.491 e. The summed E-state index contributed by atoms with van der Waals surface area (Å²) in [4.78, 5) is 11.0. The zero-order valence-electron chi connectivity index (χ0n) is 8.45. The van der Waals surface area contributed by atoms with Crippen molar-refractivity contribution in [1.29, 1.82) is 0 Å². The van der Waals surface area contributed by atoms with Crippen LogP contribution in [0.5, 0.6) is 5.75 Å². The summed E-state index contributed by atoms with van der Waals surface area (Å²) < 4.78 is 44.2. The minimum absolute atomic E-state index is 0.349. The Hall–Kier alpha value is -1.52. The molecule has 0 atom stereocenters. The Morgan fingerprint density at radius 3 is 2.07 bits per heavy atom. The number of ether oxygens (including phenoxy) is 1. The molecule has 0 aliphatic heterocycles. The van der Waals surface area contributed by atoms with Crippen LogP contribution in [0.4, 0.5) is 13.2 Å². The zero-order valence-corrected chi connectivity index (χ0v) is 8.45. The van der Waals surface area contributed by atoms with Gasteiger partial charge >= 0.3 is 0 Å². The monoisotopic (exact) mass is 218 g/mol. The van der Waals surface area contributed by atoms with Crippen molar-refractivity contribution in [3.63, 3.8) is 0 Å². The van der Waals surface area contributed by atoms with Crippen LogP contribution >= 0.6 is 0 Å². The van der Waals surface area contributed by atoms with E-state index in [0.29, 0.717) is 0 Å². The first-order valence-electron chi connectivity index (χ1n) is 4.13. The molecule has 0 unspecified atom stereocenters. The number of hydrogen-bond donors (Lipinski definition) is 0. The van der Waals surface area contributed by atoms with Crippen molar-refractivity contribution in [2.24, 2.45) is 0 Å². The Bertz CT molecular complexity index is 427. The zero-order chi connectivity index (χ0) is 11.7. The van der Waals surface area contributed by atoms with Crippen molar-refractivity contribution in [3.8, 4) is 5.75 Å². The lowest BCUT2D eigenvalue weighted by molar-refractivity contribution is 0.101. The van der Waals surface area contributed by atoms with Crippen molar-refractivity contribution >= 4 is 5.78 Å². The minimum Gasteiger partial charge on any atom is -0.491 e. The Labute approximate surface area is 84.7 Å². The predicted molar refractivity (Wildman–Crippen MR) is 47.6 cm³/mol. The van der Waals surface area contributed by atoms with Crippen LogP contribution in [-0.2, 0) is 0 Å². The number of halogens is 3. The summed E-state index contributed by atoms with van der Waals surface area (Å²) in [5.74, 6) is -5.40. The van der Waals surface area contributed by atoms with Gasteiger partial charge in [-0.05, 0) is 13.8 Å². The first-order chi connectivity index (χ1) is 6.91. The van der Waals surface area contributed by atoms with Gasteiger partial charge in [-0.1, -0.05) is 0 Å². The van der Waals surface area contributed by atoms with Crippen LogP contribution in [0.15, 0.2) is 0 Å². The highest BCUT2D eigenvalue weighted by Gasteiger charge is 2.25. The molecular formula is C10H9F3O2. The number of benzene rings is 1. The maximum Gasteiger partial charge on any atom is 0.203 e. The SMILES string of the molecule is COc1c(F)c(F)c(C)c(C(C)=O)c1F. The molecule has 0 spiro atoms. The predicted octanol–water partition coefficient (Wildman–Crippen LogP) is 2.62. The summed E-state index contributed by atoms with van der Waals surface area (Å²) in [6.07, 6.45) is 0. The van der Waals surface area contributed by atoms with Crippen LogP contribution in [0.25, 0.3) is 0 Å². The summed E-state index contributed by atoms with van der Waals surface area (Å²) in [5.41, 5.74) is -0.830. The van der Waals surface area contributed by atoms with Crippen molar-refractivity contribution < 1.29 is 22.7 Å².